The topological polar surface area (TPSA) is 66.5 Å². The largest absolute Gasteiger partial charge is 0.335 e. The molecule has 1 saturated heterocycles. The molecule has 2 aromatic carbocycles. The number of halogens is 2. The van der Waals surface area contributed by atoms with Gasteiger partial charge in [0.2, 0.25) is 0 Å². The molecule has 1 N–H and O–H groups in total. The summed E-state index contributed by atoms with van der Waals surface area (Å²) >= 11 is 2.08. The lowest BCUT2D eigenvalue weighted by Gasteiger charge is -2.26. The van der Waals surface area contributed by atoms with Crippen LogP contribution in [-0.4, -0.2) is 17.8 Å². The summed E-state index contributed by atoms with van der Waals surface area (Å²) in [5.41, 5.74) is 0.534. The Hall–Kier alpha value is -2.55. The van der Waals surface area contributed by atoms with Crippen LogP contribution in [0.15, 0.2) is 54.1 Å². The molecule has 120 valence electrons. The van der Waals surface area contributed by atoms with Gasteiger partial charge in [-0.3, -0.25) is 14.9 Å². The van der Waals surface area contributed by atoms with E-state index in [1.807, 2.05) is 12.1 Å². The fourth-order valence-electron chi connectivity index (χ4n) is 2.25. The number of nitrogens with zero attached hydrogens (tertiary/aromatic N) is 1. The lowest BCUT2D eigenvalue weighted by molar-refractivity contribution is -0.122. The molecule has 3 rings (SSSR count). The fraction of sp³-hybridized carbons (Fsp3) is 0. The predicted octanol–water partition coefficient (Wildman–Crippen LogP) is 3.10. The van der Waals surface area contributed by atoms with Gasteiger partial charge in [-0.15, -0.1) is 0 Å². The maximum atomic E-state index is 13.4. The Bertz CT molecular complexity index is 895. The standard InChI is InChI=1S/C17H10FIN2O3/c18-11-5-3-6-12(9-11)21-16(23)13(15(22)20-17(21)24)8-10-4-1-2-7-14(10)19/h1-9H,(H,20,22,24)/b13-8+. The van der Waals surface area contributed by atoms with Gasteiger partial charge >= 0.3 is 6.03 Å². The van der Waals surface area contributed by atoms with Crippen molar-refractivity contribution in [3.05, 3.63) is 69.1 Å². The van der Waals surface area contributed by atoms with Gasteiger partial charge in [0.1, 0.15) is 11.4 Å². The summed E-state index contributed by atoms with van der Waals surface area (Å²) in [7, 11) is 0. The van der Waals surface area contributed by atoms with Gasteiger partial charge in [0.05, 0.1) is 5.69 Å². The Morgan fingerprint density at radius 3 is 2.50 bits per heavy atom. The van der Waals surface area contributed by atoms with Crippen LogP contribution < -0.4 is 10.2 Å². The maximum Gasteiger partial charge on any atom is 0.335 e. The van der Waals surface area contributed by atoms with E-state index < -0.39 is 23.7 Å². The van der Waals surface area contributed by atoms with Crippen LogP contribution in [0.25, 0.3) is 6.08 Å². The third kappa shape index (κ3) is 3.07. The molecule has 1 heterocycles. The van der Waals surface area contributed by atoms with E-state index in [9.17, 15) is 18.8 Å². The number of anilines is 1. The zero-order valence-electron chi connectivity index (χ0n) is 12.1. The van der Waals surface area contributed by atoms with Gasteiger partial charge in [0.15, 0.2) is 0 Å². The molecule has 1 aliphatic rings. The Morgan fingerprint density at radius 1 is 1.04 bits per heavy atom. The molecule has 0 bridgehead atoms. The van der Waals surface area contributed by atoms with E-state index in [0.29, 0.717) is 5.56 Å². The second kappa shape index (κ2) is 6.52. The minimum Gasteiger partial charge on any atom is -0.273 e. The fourth-order valence-corrected chi connectivity index (χ4v) is 2.80. The van der Waals surface area contributed by atoms with Gasteiger partial charge in [-0.1, -0.05) is 24.3 Å². The monoisotopic (exact) mass is 436 g/mol. The molecular weight excluding hydrogens is 426 g/mol. The highest BCUT2D eigenvalue weighted by atomic mass is 127. The summed E-state index contributed by atoms with van der Waals surface area (Å²) < 4.78 is 14.2. The lowest BCUT2D eigenvalue weighted by atomic mass is 10.1. The molecule has 0 aliphatic carbocycles. The van der Waals surface area contributed by atoms with Crippen molar-refractivity contribution in [3.63, 3.8) is 0 Å². The molecule has 0 saturated carbocycles. The van der Waals surface area contributed by atoms with Gasteiger partial charge in [0, 0.05) is 3.57 Å². The van der Waals surface area contributed by atoms with Crippen molar-refractivity contribution in [2.45, 2.75) is 0 Å². The molecule has 5 nitrogen and oxygen atoms in total. The van der Waals surface area contributed by atoms with E-state index >= 15 is 0 Å². The van der Waals surface area contributed by atoms with Crippen molar-refractivity contribution in [1.29, 1.82) is 0 Å². The summed E-state index contributed by atoms with van der Waals surface area (Å²) in [6, 6.07) is 11.3. The van der Waals surface area contributed by atoms with Crippen molar-refractivity contribution in [1.82, 2.24) is 5.32 Å². The van der Waals surface area contributed by atoms with Crippen LogP contribution in [0.3, 0.4) is 0 Å². The summed E-state index contributed by atoms with van der Waals surface area (Å²) in [5.74, 6) is -2.17. The number of carbonyl (C=O) groups excluding carboxylic acids is 3. The quantitative estimate of drug-likeness (QED) is 0.447. The number of hydrogen-bond donors (Lipinski definition) is 1. The Balaban J connectivity index is 2.05. The smallest absolute Gasteiger partial charge is 0.273 e. The number of carbonyl (C=O) groups is 3. The van der Waals surface area contributed by atoms with Crippen molar-refractivity contribution >= 4 is 52.2 Å². The first-order valence-electron chi connectivity index (χ1n) is 6.89. The number of rotatable bonds is 2. The predicted molar refractivity (Wildman–Crippen MR) is 94.6 cm³/mol. The number of amides is 4. The number of barbiturate groups is 1. The van der Waals surface area contributed by atoms with Crippen LogP contribution in [0.5, 0.6) is 0 Å². The highest BCUT2D eigenvalue weighted by Gasteiger charge is 2.36. The number of imide groups is 2. The molecule has 1 aliphatic heterocycles. The van der Waals surface area contributed by atoms with E-state index in [1.54, 1.807) is 12.1 Å². The Kier molecular flexibility index (Phi) is 4.43. The van der Waals surface area contributed by atoms with E-state index in [1.165, 1.54) is 24.3 Å². The number of nitrogens with one attached hydrogen (secondary N) is 1. The minimum absolute atomic E-state index is 0.0543. The molecule has 0 aromatic heterocycles. The molecule has 24 heavy (non-hydrogen) atoms. The molecular formula is C17H10FIN2O3. The second-order valence-corrected chi connectivity index (χ2v) is 6.12. The first-order chi connectivity index (χ1) is 11.5. The molecule has 0 unspecified atom stereocenters. The maximum absolute atomic E-state index is 13.4. The van der Waals surface area contributed by atoms with Crippen LogP contribution >= 0.6 is 22.6 Å². The van der Waals surface area contributed by atoms with Gasteiger partial charge in [-0.2, -0.15) is 0 Å². The zero-order chi connectivity index (χ0) is 17.3. The summed E-state index contributed by atoms with van der Waals surface area (Å²) in [4.78, 5) is 37.4. The summed E-state index contributed by atoms with van der Waals surface area (Å²) in [5, 5.41) is 2.10. The second-order valence-electron chi connectivity index (χ2n) is 4.96. The Morgan fingerprint density at radius 2 is 1.79 bits per heavy atom. The summed E-state index contributed by atoms with van der Waals surface area (Å²) in [6.45, 7) is 0. The SMILES string of the molecule is O=C1NC(=O)N(c2cccc(F)c2)C(=O)/C1=C/c1ccccc1I. The van der Waals surface area contributed by atoms with Gasteiger partial charge in [0.25, 0.3) is 11.8 Å². The third-order valence-corrected chi connectivity index (χ3v) is 4.36. The molecule has 4 amide bonds. The number of hydrogen-bond acceptors (Lipinski definition) is 3. The zero-order valence-corrected chi connectivity index (χ0v) is 14.3. The van der Waals surface area contributed by atoms with Crippen molar-refractivity contribution < 1.29 is 18.8 Å². The molecule has 1 fully saturated rings. The van der Waals surface area contributed by atoms with Crippen LogP contribution in [0, 0.1) is 9.39 Å². The molecule has 0 atom stereocenters. The van der Waals surface area contributed by atoms with Crippen molar-refractivity contribution in [2.75, 3.05) is 4.90 Å². The van der Waals surface area contributed by atoms with Crippen molar-refractivity contribution in [2.24, 2.45) is 0 Å². The average Bonchev–Trinajstić information content (AvgIpc) is 2.53. The van der Waals surface area contributed by atoms with Crippen LogP contribution in [0.1, 0.15) is 5.56 Å². The molecule has 2 aromatic rings. The van der Waals surface area contributed by atoms with Gasteiger partial charge in [-0.25, -0.2) is 14.1 Å². The first kappa shape index (κ1) is 16.3. The highest BCUT2D eigenvalue weighted by molar-refractivity contribution is 14.1. The normalized spacial score (nSPS) is 16.5. The lowest BCUT2D eigenvalue weighted by Crippen LogP contribution is -2.54. The Labute approximate surface area is 150 Å². The van der Waals surface area contributed by atoms with Crippen molar-refractivity contribution in [3.8, 4) is 0 Å². The first-order valence-corrected chi connectivity index (χ1v) is 7.97. The van der Waals surface area contributed by atoms with E-state index in [2.05, 4.69) is 27.9 Å². The van der Waals surface area contributed by atoms with Gasteiger partial charge in [-0.05, 0) is 58.5 Å². The van der Waals surface area contributed by atoms with Crippen LogP contribution in [0.2, 0.25) is 0 Å². The highest BCUT2D eigenvalue weighted by Crippen LogP contribution is 2.23. The van der Waals surface area contributed by atoms with Crippen LogP contribution in [0.4, 0.5) is 14.9 Å². The van der Waals surface area contributed by atoms with E-state index in [4.69, 9.17) is 0 Å². The van der Waals surface area contributed by atoms with Crippen LogP contribution in [-0.2, 0) is 9.59 Å². The number of benzene rings is 2. The van der Waals surface area contributed by atoms with E-state index in [0.717, 1.165) is 14.5 Å². The molecule has 0 radical (unpaired) electrons. The summed E-state index contributed by atoms with van der Waals surface area (Å²) in [6.07, 6.45) is 1.41. The third-order valence-electron chi connectivity index (χ3n) is 3.37. The molecule has 0 spiro atoms. The minimum atomic E-state index is -0.907. The van der Waals surface area contributed by atoms with Gasteiger partial charge < -0.3 is 0 Å². The number of urea groups is 1. The average molecular weight is 436 g/mol. The van der Waals surface area contributed by atoms with E-state index in [-0.39, 0.29) is 11.3 Å². The molecule has 7 heteroatoms.